The number of ether oxygens (including phenoxy) is 2. The molecule has 0 spiro atoms. The lowest BCUT2D eigenvalue weighted by molar-refractivity contribution is 0.287. The van der Waals surface area contributed by atoms with Crippen LogP contribution >= 0.6 is 0 Å². The second kappa shape index (κ2) is 8.69. The van der Waals surface area contributed by atoms with Crippen molar-refractivity contribution in [3.05, 3.63) is 119 Å². The summed E-state index contributed by atoms with van der Waals surface area (Å²) in [7, 11) is 0. The number of fused-ring (bicyclic) bond motifs is 2. The first-order valence-electron chi connectivity index (χ1n) is 11.5. The number of rotatable bonds is 4. The van der Waals surface area contributed by atoms with E-state index in [0.717, 1.165) is 50.6 Å². The molecule has 0 bridgehead atoms. The van der Waals surface area contributed by atoms with Gasteiger partial charge in [0.2, 0.25) is 0 Å². The van der Waals surface area contributed by atoms with E-state index in [-0.39, 0.29) is 5.63 Å². The number of benzene rings is 4. The van der Waals surface area contributed by atoms with Gasteiger partial charge in [0, 0.05) is 34.8 Å². The number of hydrogen-bond acceptors (Lipinski definition) is 5. The van der Waals surface area contributed by atoms with Gasteiger partial charge in [0.15, 0.2) is 6.73 Å². The van der Waals surface area contributed by atoms with Gasteiger partial charge in [-0.05, 0) is 60.5 Å². The van der Waals surface area contributed by atoms with E-state index in [1.165, 1.54) is 0 Å². The Labute approximate surface area is 202 Å². The van der Waals surface area contributed by atoms with Crippen molar-refractivity contribution < 1.29 is 13.9 Å². The van der Waals surface area contributed by atoms with Gasteiger partial charge in [-0.25, -0.2) is 4.79 Å². The van der Waals surface area contributed by atoms with Crippen LogP contribution in [0.3, 0.4) is 0 Å². The van der Waals surface area contributed by atoms with E-state index in [1.807, 2.05) is 91.9 Å². The van der Waals surface area contributed by atoms with Gasteiger partial charge in [-0.1, -0.05) is 48.5 Å². The zero-order valence-electron chi connectivity index (χ0n) is 19.2. The lowest BCUT2D eigenvalue weighted by atomic mass is 9.97. The highest BCUT2D eigenvalue weighted by molar-refractivity contribution is 5.96. The quantitative estimate of drug-likeness (QED) is 0.272. The van der Waals surface area contributed by atoms with Crippen molar-refractivity contribution in [2.45, 2.75) is 13.5 Å². The third-order valence-corrected chi connectivity index (χ3v) is 6.28. The Morgan fingerprint density at radius 3 is 2.26 bits per heavy atom. The van der Waals surface area contributed by atoms with Crippen LogP contribution in [0, 0.1) is 6.92 Å². The molecule has 0 atom stereocenters. The van der Waals surface area contributed by atoms with Crippen molar-refractivity contribution in [1.82, 2.24) is 0 Å². The number of para-hydroxylation sites is 1. The molecular weight excluding hydrogens is 438 g/mol. The molecule has 5 aromatic rings. The second-order valence-electron chi connectivity index (χ2n) is 8.59. The van der Waals surface area contributed by atoms with E-state index in [4.69, 9.17) is 13.9 Å². The lowest BCUT2D eigenvalue weighted by Crippen LogP contribution is -2.32. The molecule has 1 aromatic heterocycles. The molecule has 0 radical (unpaired) electrons. The van der Waals surface area contributed by atoms with Gasteiger partial charge in [0.25, 0.3) is 0 Å². The van der Waals surface area contributed by atoms with Gasteiger partial charge in [-0.3, -0.25) is 0 Å². The first-order chi connectivity index (χ1) is 17.2. The van der Waals surface area contributed by atoms with Crippen LogP contribution in [0.4, 0.5) is 5.69 Å². The summed E-state index contributed by atoms with van der Waals surface area (Å²) in [5.41, 5.74) is 4.99. The van der Waals surface area contributed by atoms with E-state index in [2.05, 4.69) is 11.0 Å². The number of anilines is 1. The molecule has 0 fully saturated rings. The summed E-state index contributed by atoms with van der Waals surface area (Å²) in [5, 5.41) is 0.907. The fourth-order valence-corrected chi connectivity index (χ4v) is 4.59. The Hall–Kier alpha value is -4.51. The summed E-state index contributed by atoms with van der Waals surface area (Å²) < 4.78 is 17.7. The Bertz CT molecular complexity index is 1560. The molecular formula is C30H23NO4. The van der Waals surface area contributed by atoms with Gasteiger partial charge in [-0.15, -0.1) is 0 Å². The fraction of sp³-hybridized carbons (Fsp3) is 0.100. The van der Waals surface area contributed by atoms with E-state index in [0.29, 0.717) is 18.9 Å². The molecule has 0 saturated carbocycles. The average molecular weight is 462 g/mol. The standard InChI is InChI=1S/C30H23NO4/c1-20-29-22(16-27-26(17-28(32)35-30(20)27)21-8-4-2-5-9-21)18-31(19-33-29)23-12-14-25(15-13-23)34-24-10-6-3-7-11-24/h2-17H,18-19H2,1H3. The Balaban J connectivity index is 1.34. The first kappa shape index (κ1) is 21.1. The van der Waals surface area contributed by atoms with Gasteiger partial charge < -0.3 is 18.8 Å². The van der Waals surface area contributed by atoms with E-state index in [1.54, 1.807) is 6.07 Å². The molecule has 0 unspecified atom stereocenters. The predicted octanol–water partition coefficient (Wildman–Crippen LogP) is 6.92. The van der Waals surface area contributed by atoms with Crippen molar-refractivity contribution in [3.8, 4) is 28.4 Å². The van der Waals surface area contributed by atoms with Crippen LogP contribution in [0.25, 0.3) is 22.1 Å². The highest BCUT2D eigenvalue weighted by Crippen LogP contribution is 2.39. The van der Waals surface area contributed by atoms with Crippen molar-refractivity contribution in [2.24, 2.45) is 0 Å². The number of aryl methyl sites for hydroxylation is 1. The molecule has 2 heterocycles. The maximum Gasteiger partial charge on any atom is 0.336 e. The molecule has 0 N–H and O–H groups in total. The number of nitrogens with zero attached hydrogens (tertiary/aromatic N) is 1. The van der Waals surface area contributed by atoms with Crippen LogP contribution in [0.2, 0.25) is 0 Å². The number of hydrogen-bond donors (Lipinski definition) is 0. The van der Waals surface area contributed by atoms with Crippen LogP contribution in [0.5, 0.6) is 17.2 Å². The summed E-state index contributed by atoms with van der Waals surface area (Å²) in [5.74, 6) is 2.37. The molecule has 5 nitrogen and oxygen atoms in total. The summed E-state index contributed by atoms with van der Waals surface area (Å²) in [6.07, 6.45) is 0. The van der Waals surface area contributed by atoms with E-state index >= 15 is 0 Å². The monoisotopic (exact) mass is 461 g/mol. The molecule has 0 aliphatic carbocycles. The lowest BCUT2D eigenvalue weighted by Gasteiger charge is -2.32. The zero-order chi connectivity index (χ0) is 23.8. The van der Waals surface area contributed by atoms with Gasteiger partial charge >= 0.3 is 5.63 Å². The highest BCUT2D eigenvalue weighted by Gasteiger charge is 2.23. The largest absolute Gasteiger partial charge is 0.472 e. The van der Waals surface area contributed by atoms with Crippen molar-refractivity contribution in [1.29, 1.82) is 0 Å². The molecule has 4 aromatic carbocycles. The zero-order valence-corrected chi connectivity index (χ0v) is 19.2. The predicted molar refractivity (Wildman–Crippen MR) is 137 cm³/mol. The van der Waals surface area contributed by atoms with E-state index < -0.39 is 0 Å². The fourth-order valence-electron chi connectivity index (χ4n) is 4.59. The van der Waals surface area contributed by atoms with Crippen molar-refractivity contribution in [3.63, 3.8) is 0 Å². The summed E-state index contributed by atoms with van der Waals surface area (Å²) in [6.45, 7) is 3.03. The Morgan fingerprint density at radius 1 is 0.829 bits per heavy atom. The summed E-state index contributed by atoms with van der Waals surface area (Å²) in [6, 6.07) is 31.3. The highest BCUT2D eigenvalue weighted by atomic mass is 16.5. The first-order valence-corrected chi connectivity index (χ1v) is 11.5. The molecule has 5 heteroatoms. The minimum absolute atomic E-state index is 0.366. The molecule has 0 saturated heterocycles. The van der Waals surface area contributed by atoms with Crippen molar-refractivity contribution >= 4 is 16.7 Å². The smallest absolute Gasteiger partial charge is 0.336 e. The second-order valence-corrected chi connectivity index (χ2v) is 8.59. The van der Waals surface area contributed by atoms with Gasteiger partial charge in [0.05, 0.1) is 0 Å². The molecule has 6 rings (SSSR count). The topological polar surface area (TPSA) is 51.9 Å². The molecule has 1 aliphatic heterocycles. The van der Waals surface area contributed by atoms with Crippen LogP contribution < -0.4 is 20.0 Å². The summed E-state index contributed by atoms with van der Waals surface area (Å²) in [4.78, 5) is 14.5. The molecule has 0 amide bonds. The van der Waals surface area contributed by atoms with Crippen LogP contribution in [0.1, 0.15) is 11.1 Å². The van der Waals surface area contributed by atoms with Gasteiger partial charge in [0.1, 0.15) is 22.8 Å². The normalized spacial score (nSPS) is 12.8. The minimum atomic E-state index is -0.366. The molecule has 1 aliphatic rings. The third-order valence-electron chi connectivity index (χ3n) is 6.28. The van der Waals surface area contributed by atoms with E-state index in [9.17, 15) is 4.79 Å². The minimum Gasteiger partial charge on any atom is -0.472 e. The third kappa shape index (κ3) is 4.02. The Morgan fingerprint density at radius 2 is 1.51 bits per heavy atom. The Kier molecular flexibility index (Phi) is 5.23. The summed E-state index contributed by atoms with van der Waals surface area (Å²) >= 11 is 0. The van der Waals surface area contributed by atoms with Crippen LogP contribution in [-0.2, 0) is 6.54 Å². The van der Waals surface area contributed by atoms with Crippen LogP contribution in [-0.4, -0.2) is 6.73 Å². The van der Waals surface area contributed by atoms with Crippen LogP contribution in [0.15, 0.2) is 106 Å². The van der Waals surface area contributed by atoms with Crippen molar-refractivity contribution in [2.75, 3.05) is 11.6 Å². The maximum atomic E-state index is 12.4. The molecule has 172 valence electrons. The van der Waals surface area contributed by atoms with Gasteiger partial charge in [-0.2, -0.15) is 0 Å². The molecule has 35 heavy (non-hydrogen) atoms. The SMILES string of the molecule is Cc1c2c(cc3c(-c4ccccc4)cc(=O)oc13)CN(c1ccc(Oc3ccccc3)cc1)CO2. The maximum absolute atomic E-state index is 12.4. The average Bonchev–Trinajstić information content (AvgIpc) is 2.90.